The van der Waals surface area contributed by atoms with Crippen molar-refractivity contribution in [3.8, 4) is 0 Å². The van der Waals surface area contributed by atoms with E-state index in [-0.39, 0.29) is 21.6 Å². The van der Waals surface area contributed by atoms with E-state index in [1.54, 1.807) is 23.9 Å². The van der Waals surface area contributed by atoms with Crippen LogP contribution in [0.4, 0.5) is 5.69 Å². The lowest BCUT2D eigenvalue weighted by Gasteiger charge is -2.15. The number of hydrogen-bond acceptors (Lipinski definition) is 4. The van der Waals surface area contributed by atoms with Crippen molar-refractivity contribution in [2.45, 2.75) is 35.4 Å². The smallest absolute Gasteiger partial charge is 0.244 e. The number of halogens is 1. The monoisotopic (exact) mass is 320 g/mol. The third-order valence-electron chi connectivity index (χ3n) is 3.31. The Labute approximate surface area is 123 Å². The average Bonchev–Trinajstić information content (AvgIpc) is 2.75. The van der Waals surface area contributed by atoms with E-state index >= 15 is 0 Å². The van der Waals surface area contributed by atoms with Crippen LogP contribution in [0.15, 0.2) is 23.1 Å². The topological polar surface area (TPSA) is 72.2 Å². The van der Waals surface area contributed by atoms with Crippen LogP contribution in [0.1, 0.15) is 19.3 Å². The molecule has 0 aliphatic heterocycles. The first-order valence-corrected chi connectivity index (χ1v) is 9.18. The molecule has 19 heavy (non-hydrogen) atoms. The van der Waals surface area contributed by atoms with E-state index in [0.717, 1.165) is 19.3 Å². The molecule has 1 aliphatic carbocycles. The molecule has 1 aliphatic rings. The van der Waals surface area contributed by atoms with Crippen LogP contribution in [0.2, 0.25) is 5.02 Å². The van der Waals surface area contributed by atoms with Crippen LogP contribution in [0.3, 0.4) is 0 Å². The van der Waals surface area contributed by atoms with Gasteiger partial charge in [-0.2, -0.15) is 11.8 Å². The van der Waals surface area contributed by atoms with Crippen molar-refractivity contribution < 1.29 is 8.42 Å². The summed E-state index contributed by atoms with van der Waals surface area (Å²) in [6.07, 6.45) is 4.79. The Morgan fingerprint density at radius 1 is 1.42 bits per heavy atom. The lowest BCUT2D eigenvalue weighted by Crippen LogP contribution is -2.33. The summed E-state index contributed by atoms with van der Waals surface area (Å²) >= 11 is 7.73. The van der Waals surface area contributed by atoms with Crippen molar-refractivity contribution in [2.75, 3.05) is 12.0 Å². The van der Waals surface area contributed by atoms with Crippen LogP contribution in [0, 0.1) is 0 Å². The van der Waals surface area contributed by atoms with Crippen molar-refractivity contribution in [3.05, 3.63) is 23.2 Å². The Hall–Kier alpha value is -0.430. The minimum atomic E-state index is -3.65. The zero-order valence-corrected chi connectivity index (χ0v) is 13.0. The molecule has 2 atom stereocenters. The van der Waals surface area contributed by atoms with E-state index in [2.05, 4.69) is 4.72 Å². The summed E-state index contributed by atoms with van der Waals surface area (Å²) in [5.41, 5.74) is 5.91. The number of rotatable bonds is 4. The van der Waals surface area contributed by atoms with Gasteiger partial charge >= 0.3 is 0 Å². The highest BCUT2D eigenvalue weighted by Gasteiger charge is 2.30. The maximum atomic E-state index is 12.3. The predicted octanol–water partition coefficient (Wildman–Crippen LogP) is 2.48. The van der Waals surface area contributed by atoms with Crippen LogP contribution in [0.25, 0.3) is 0 Å². The Balaban J connectivity index is 2.20. The summed E-state index contributed by atoms with van der Waals surface area (Å²) in [6, 6.07) is 4.68. The summed E-state index contributed by atoms with van der Waals surface area (Å²) < 4.78 is 27.4. The zero-order valence-electron chi connectivity index (χ0n) is 10.6. The minimum absolute atomic E-state index is 0.00994. The second kappa shape index (κ2) is 5.91. The highest BCUT2D eigenvalue weighted by Crippen LogP contribution is 2.31. The summed E-state index contributed by atoms with van der Waals surface area (Å²) in [7, 11) is -3.65. The van der Waals surface area contributed by atoms with Gasteiger partial charge in [-0.1, -0.05) is 17.7 Å². The SMILES string of the molecule is CSC1CCC(NS(=O)(=O)c2c(N)cccc2Cl)C1. The average molecular weight is 321 g/mol. The number of thioether (sulfide) groups is 1. The molecule has 1 fully saturated rings. The van der Waals surface area contributed by atoms with E-state index in [1.165, 1.54) is 6.07 Å². The highest BCUT2D eigenvalue weighted by atomic mass is 35.5. The molecule has 2 rings (SSSR count). The molecule has 0 spiro atoms. The molecule has 1 aromatic rings. The van der Waals surface area contributed by atoms with E-state index in [1.807, 2.05) is 6.26 Å². The molecule has 0 amide bonds. The normalized spacial score (nSPS) is 23.7. The number of nitrogens with one attached hydrogen (secondary N) is 1. The maximum Gasteiger partial charge on any atom is 0.244 e. The minimum Gasteiger partial charge on any atom is -0.398 e. The Morgan fingerprint density at radius 3 is 2.74 bits per heavy atom. The molecular weight excluding hydrogens is 304 g/mol. The fraction of sp³-hybridized carbons (Fsp3) is 0.500. The maximum absolute atomic E-state index is 12.3. The van der Waals surface area contributed by atoms with Gasteiger partial charge in [0.1, 0.15) is 4.90 Å². The van der Waals surface area contributed by atoms with E-state index in [0.29, 0.717) is 5.25 Å². The van der Waals surface area contributed by atoms with Gasteiger partial charge in [0.15, 0.2) is 0 Å². The highest BCUT2D eigenvalue weighted by molar-refractivity contribution is 7.99. The van der Waals surface area contributed by atoms with E-state index in [9.17, 15) is 8.42 Å². The van der Waals surface area contributed by atoms with Gasteiger partial charge in [-0.15, -0.1) is 0 Å². The number of hydrogen-bond donors (Lipinski definition) is 2. The quantitative estimate of drug-likeness (QED) is 0.836. The Morgan fingerprint density at radius 2 is 2.16 bits per heavy atom. The van der Waals surface area contributed by atoms with Gasteiger partial charge < -0.3 is 5.73 Å². The van der Waals surface area contributed by atoms with Gasteiger partial charge in [-0.3, -0.25) is 0 Å². The molecule has 0 heterocycles. The van der Waals surface area contributed by atoms with Crippen molar-refractivity contribution in [2.24, 2.45) is 0 Å². The molecule has 3 N–H and O–H groups in total. The Bertz CT molecular complexity index is 543. The predicted molar refractivity (Wildman–Crippen MR) is 81.1 cm³/mol. The standard InChI is InChI=1S/C12H17ClN2O2S2/c1-18-9-6-5-8(7-9)15-19(16,17)12-10(13)3-2-4-11(12)14/h2-4,8-9,15H,5-7,14H2,1H3. The molecule has 4 nitrogen and oxygen atoms in total. The molecule has 1 saturated carbocycles. The summed E-state index contributed by atoms with van der Waals surface area (Å²) in [5.74, 6) is 0. The molecule has 0 saturated heterocycles. The van der Waals surface area contributed by atoms with Crippen molar-refractivity contribution >= 4 is 39.1 Å². The number of benzene rings is 1. The molecule has 0 aromatic heterocycles. The van der Waals surface area contributed by atoms with Gasteiger partial charge in [-0.25, -0.2) is 13.1 Å². The zero-order chi connectivity index (χ0) is 14.0. The molecule has 7 heteroatoms. The second-order valence-corrected chi connectivity index (χ2v) is 7.84. The molecule has 2 unspecified atom stereocenters. The van der Waals surface area contributed by atoms with Crippen molar-refractivity contribution in [1.82, 2.24) is 4.72 Å². The first-order valence-electron chi connectivity index (χ1n) is 6.03. The fourth-order valence-electron chi connectivity index (χ4n) is 2.35. The van der Waals surface area contributed by atoms with Crippen LogP contribution in [0.5, 0.6) is 0 Å². The number of nitrogens with two attached hydrogens (primary N) is 1. The van der Waals surface area contributed by atoms with Crippen LogP contribution in [-0.4, -0.2) is 26.0 Å². The molecule has 106 valence electrons. The van der Waals surface area contributed by atoms with E-state index < -0.39 is 10.0 Å². The van der Waals surface area contributed by atoms with Crippen molar-refractivity contribution in [1.29, 1.82) is 0 Å². The third-order valence-corrected chi connectivity index (χ3v) is 6.46. The number of nitrogen functional groups attached to an aromatic ring is 1. The fourth-order valence-corrected chi connectivity index (χ4v) is 5.11. The second-order valence-electron chi connectivity index (χ2n) is 4.65. The number of sulfonamides is 1. The summed E-state index contributed by atoms with van der Waals surface area (Å²) in [4.78, 5) is -0.00994. The third kappa shape index (κ3) is 3.37. The van der Waals surface area contributed by atoms with Gasteiger partial charge in [-0.05, 0) is 37.7 Å². The Kier molecular flexibility index (Phi) is 4.66. The first kappa shape index (κ1) is 15.0. The molecule has 0 radical (unpaired) electrons. The van der Waals surface area contributed by atoms with Gasteiger partial charge in [0.2, 0.25) is 10.0 Å². The summed E-state index contributed by atoms with van der Waals surface area (Å²) in [5, 5.41) is 0.684. The van der Waals surface area contributed by atoms with Gasteiger partial charge in [0.05, 0.1) is 10.7 Å². The lowest BCUT2D eigenvalue weighted by atomic mass is 10.3. The lowest BCUT2D eigenvalue weighted by molar-refractivity contribution is 0.553. The van der Waals surface area contributed by atoms with Crippen LogP contribution >= 0.6 is 23.4 Å². The number of anilines is 1. The molecular formula is C12H17ClN2O2S2. The summed E-state index contributed by atoms with van der Waals surface area (Å²) in [6.45, 7) is 0. The van der Waals surface area contributed by atoms with Crippen molar-refractivity contribution in [3.63, 3.8) is 0 Å². The van der Waals surface area contributed by atoms with Crippen LogP contribution in [-0.2, 0) is 10.0 Å². The van der Waals surface area contributed by atoms with E-state index in [4.69, 9.17) is 17.3 Å². The van der Waals surface area contributed by atoms with Gasteiger partial charge in [0, 0.05) is 11.3 Å². The van der Waals surface area contributed by atoms with Crippen LogP contribution < -0.4 is 10.5 Å². The molecule has 0 bridgehead atoms. The van der Waals surface area contributed by atoms with Gasteiger partial charge in [0.25, 0.3) is 0 Å². The molecule has 1 aromatic carbocycles. The largest absolute Gasteiger partial charge is 0.398 e. The first-order chi connectivity index (χ1) is 8.94.